The number of nitrogens with one attached hydrogen (secondary N) is 2. The molecule has 0 spiro atoms. The number of carbonyl (C=O) groups is 3. The highest BCUT2D eigenvalue weighted by Crippen LogP contribution is 2.03. The minimum Gasteiger partial charge on any atom is -0.456 e. The molecule has 0 saturated heterocycles. The standard InChI is InChI=1S/C17H24N2O4/c1-13(2)10-11-18-17(22)19-15(20)12-23-16(21)9-8-14-6-4-3-5-7-14/h3-7,13H,8-12H2,1-2H3,(H2,18,19,20,22). The summed E-state index contributed by atoms with van der Waals surface area (Å²) in [6.45, 7) is 4.12. The van der Waals surface area contributed by atoms with Gasteiger partial charge in [-0.3, -0.25) is 14.9 Å². The largest absolute Gasteiger partial charge is 0.456 e. The van der Waals surface area contributed by atoms with Crippen molar-refractivity contribution in [3.8, 4) is 0 Å². The highest BCUT2D eigenvalue weighted by molar-refractivity contribution is 5.95. The summed E-state index contributed by atoms with van der Waals surface area (Å²) in [4.78, 5) is 34.4. The molecule has 0 bridgehead atoms. The van der Waals surface area contributed by atoms with E-state index < -0.39 is 24.5 Å². The SMILES string of the molecule is CC(C)CCNC(=O)NC(=O)COC(=O)CCc1ccccc1. The Bertz CT molecular complexity index is 515. The number of imide groups is 1. The quantitative estimate of drug-likeness (QED) is 0.718. The second kappa shape index (κ2) is 10.4. The van der Waals surface area contributed by atoms with Crippen molar-refractivity contribution >= 4 is 17.9 Å². The van der Waals surface area contributed by atoms with Crippen molar-refractivity contribution in [3.63, 3.8) is 0 Å². The van der Waals surface area contributed by atoms with Crippen molar-refractivity contribution in [1.82, 2.24) is 10.6 Å². The smallest absolute Gasteiger partial charge is 0.321 e. The second-order valence-corrected chi connectivity index (χ2v) is 5.63. The van der Waals surface area contributed by atoms with Crippen LogP contribution in [-0.2, 0) is 20.7 Å². The van der Waals surface area contributed by atoms with Crippen LogP contribution in [-0.4, -0.2) is 31.1 Å². The van der Waals surface area contributed by atoms with Gasteiger partial charge in [0.05, 0.1) is 0 Å². The number of rotatable bonds is 8. The number of amides is 3. The molecule has 0 unspecified atom stereocenters. The minimum absolute atomic E-state index is 0.192. The first-order chi connectivity index (χ1) is 11.0. The molecule has 23 heavy (non-hydrogen) atoms. The molecule has 0 aliphatic carbocycles. The molecule has 0 aliphatic heterocycles. The lowest BCUT2D eigenvalue weighted by Crippen LogP contribution is -2.42. The average Bonchev–Trinajstić information content (AvgIpc) is 2.51. The minimum atomic E-state index is -0.639. The fraction of sp³-hybridized carbons (Fsp3) is 0.471. The van der Waals surface area contributed by atoms with Crippen LogP contribution in [0, 0.1) is 5.92 Å². The van der Waals surface area contributed by atoms with Crippen molar-refractivity contribution in [2.24, 2.45) is 5.92 Å². The molecule has 0 saturated carbocycles. The lowest BCUT2D eigenvalue weighted by Gasteiger charge is -2.08. The first kappa shape index (κ1) is 18.7. The van der Waals surface area contributed by atoms with E-state index in [2.05, 4.69) is 10.6 Å². The van der Waals surface area contributed by atoms with Gasteiger partial charge in [0, 0.05) is 13.0 Å². The molecule has 0 aliphatic rings. The molecule has 1 aromatic carbocycles. The number of hydrogen-bond acceptors (Lipinski definition) is 4. The zero-order valence-corrected chi connectivity index (χ0v) is 13.6. The third-order valence-electron chi connectivity index (χ3n) is 3.09. The van der Waals surface area contributed by atoms with Crippen LogP contribution in [0.2, 0.25) is 0 Å². The molecule has 3 amide bonds. The number of ether oxygens (including phenoxy) is 1. The molecule has 1 aromatic rings. The van der Waals surface area contributed by atoms with Crippen LogP contribution < -0.4 is 10.6 Å². The van der Waals surface area contributed by atoms with E-state index in [9.17, 15) is 14.4 Å². The molecule has 2 N–H and O–H groups in total. The Morgan fingerprint density at radius 2 is 1.83 bits per heavy atom. The Labute approximate surface area is 136 Å². The fourth-order valence-corrected chi connectivity index (χ4v) is 1.79. The molecule has 126 valence electrons. The number of carbonyl (C=O) groups excluding carboxylic acids is 3. The van der Waals surface area contributed by atoms with Gasteiger partial charge >= 0.3 is 12.0 Å². The summed E-state index contributed by atoms with van der Waals surface area (Å²) in [5.74, 6) is -0.638. The van der Waals surface area contributed by atoms with Crippen molar-refractivity contribution in [2.75, 3.05) is 13.2 Å². The number of esters is 1. The van der Waals surface area contributed by atoms with Gasteiger partial charge in [-0.25, -0.2) is 4.79 Å². The van der Waals surface area contributed by atoms with Crippen LogP contribution in [0.4, 0.5) is 4.79 Å². The lowest BCUT2D eigenvalue weighted by molar-refractivity contribution is -0.148. The van der Waals surface area contributed by atoms with Gasteiger partial charge in [-0.1, -0.05) is 44.2 Å². The van der Waals surface area contributed by atoms with Crippen LogP contribution in [0.1, 0.15) is 32.3 Å². The van der Waals surface area contributed by atoms with Crippen molar-refractivity contribution < 1.29 is 19.1 Å². The van der Waals surface area contributed by atoms with Gasteiger partial charge < -0.3 is 10.1 Å². The van der Waals surface area contributed by atoms with Gasteiger partial charge in [-0.2, -0.15) is 0 Å². The molecule has 6 heteroatoms. The summed E-state index contributed by atoms with van der Waals surface area (Å²) in [6, 6.07) is 8.95. The normalized spacial score (nSPS) is 10.2. The van der Waals surface area contributed by atoms with Crippen molar-refractivity contribution in [3.05, 3.63) is 35.9 Å². The van der Waals surface area contributed by atoms with E-state index >= 15 is 0 Å². The summed E-state index contributed by atoms with van der Waals surface area (Å²) in [7, 11) is 0. The number of benzene rings is 1. The van der Waals surface area contributed by atoms with Gasteiger partial charge in [-0.15, -0.1) is 0 Å². The number of urea groups is 1. The predicted octanol–water partition coefficient (Wildman–Crippen LogP) is 2.03. The topological polar surface area (TPSA) is 84.5 Å². The van der Waals surface area contributed by atoms with E-state index in [1.54, 1.807) is 0 Å². The summed E-state index contributed by atoms with van der Waals surface area (Å²) in [5.41, 5.74) is 1.03. The molecular formula is C17H24N2O4. The van der Waals surface area contributed by atoms with Crippen LogP contribution in [0.3, 0.4) is 0 Å². The Kier molecular flexibility index (Phi) is 8.42. The van der Waals surface area contributed by atoms with E-state index in [0.29, 0.717) is 18.9 Å². The molecular weight excluding hydrogens is 296 g/mol. The second-order valence-electron chi connectivity index (χ2n) is 5.63. The summed E-state index contributed by atoms with van der Waals surface area (Å²) in [6.07, 6.45) is 1.57. The van der Waals surface area contributed by atoms with E-state index in [0.717, 1.165) is 12.0 Å². The molecule has 1 rings (SSSR count). The maximum absolute atomic E-state index is 11.6. The number of aryl methyl sites for hydroxylation is 1. The van der Waals surface area contributed by atoms with E-state index in [4.69, 9.17) is 4.74 Å². The maximum atomic E-state index is 11.6. The summed E-state index contributed by atoms with van der Waals surface area (Å²) >= 11 is 0. The maximum Gasteiger partial charge on any atom is 0.321 e. The molecule has 0 radical (unpaired) electrons. The van der Waals surface area contributed by atoms with E-state index in [1.165, 1.54) is 0 Å². The van der Waals surface area contributed by atoms with Gasteiger partial charge in [-0.05, 0) is 24.3 Å². The van der Waals surface area contributed by atoms with Gasteiger partial charge in [0.1, 0.15) is 0 Å². The zero-order chi connectivity index (χ0) is 17.1. The molecule has 0 heterocycles. The van der Waals surface area contributed by atoms with Crippen LogP contribution >= 0.6 is 0 Å². The van der Waals surface area contributed by atoms with Gasteiger partial charge in [0.15, 0.2) is 6.61 Å². The molecule has 0 atom stereocenters. The Hall–Kier alpha value is -2.37. The Morgan fingerprint density at radius 1 is 1.13 bits per heavy atom. The lowest BCUT2D eigenvalue weighted by atomic mass is 10.1. The highest BCUT2D eigenvalue weighted by Gasteiger charge is 2.10. The van der Waals surface area contributed by atoms with Crippen molar-refractivity contribution in [2.45, 2.75) is 33.1 Å². The first-order valence-corrected chi connectivity index (χ1v) is 7.74. The Balaban J connectivity index is 2.14. The fourth-order valence-electron chi connectivity index (χ4n) is 1.79. The zero-order valence-electron chi connectivity index (χ0n) is 13.6. The third-order valence-corrected chi connectivity index (χ3v) is 3.09. The molecule has 0 fully saturated rings. The van der Waals surface area contributed by atoms with E-state index in [1.807, 2.05) is 44.2 Å². The van der Waals surface area contributed by atoms with Gasteiger partial charge in [0.25, 0.3) is 5.91 Å². The number of hydrogen-bond donors (Lipinski definition) is 2. The van der Waals surface area contributed by atoms with Gasteiger partial charge in [0.2, 0.25) is 0 Å². The first-order valence-electron chi connectivity index (χ1n) is 7.74. The highest BCUT2D eigenvalue weighted by atomic mass is 16.5. The average molecular weight is 320 g/mol. The molecule has 0 aromatic heterocycles. The third kappa shape index (κ3) is 9.29. The van der Waals surface area contributed by atoms with Crippen LogP contribution in [0.5, 0.6) is 0 Å². The monoisotopic (exact) mass is 320 g/mol. The predicted molar refractivity (Wildman–Crippen MR) is 86.7 cm³/mol. The Morgan fingerprint density at radius 3 is 2.48 bits per heavy atom. The van der Waals surface area contributed by atoms with E-state index in [-0.39, 0.29) is 6.42 Å². The molecule has 6 nitrogen and oxygen atoms in total. The van der Waals surface area contributed by atoms with Crippen LogP contribution in [0.25, 0.3) is 0 Å². The summed E-state index contributed by atoms with van der Waals surface area (Å²) in [5, 5.41) is 4.68. The van der Waals surface area contributed by atoms with Crippen molar-refractivity contribution in [1.29, 1.82) is 0 Å². The van der Waals surface area contributed by atoms with Crippen LogP contribution in [0.15, 0.2) is 30.3 Å². The summed E-state index contributed by atoms with van der Waals surface area (Å²) < 4.78 is 4.84.